The van der Waals surface area contributed by atoms with Crippen LogP contribution >= 0.6 is 0 Å². The second-order valence-electron chi connectivity index (χ2n) is 2.87. The molecule has 3 nitrogen and oxygen atoms in total. The molecular formula is C9H12O3. The minimum Gasteiger partial charge on any atom is -0.458 e. The normalized spacial score (nSPS) is 23.4. The maximum absolute atomic E-state index is 10.9. The van der Waals surface area contributed by atoms with Gasteiger partial charge in [0.1, 0.15) is 6.10 Å². The molecule has 0 unspecified atom stereocenters. The summed E-state index contributed by atoms with van der Waals surface area (Å²) in [5.74, 6) is -0.177. The van der Waals surface area contributed by atoms with E-state index in [1.54, 1.807) is 6.08 Å². The highest BCUT2D eigenvalue weighted by molar-refractivity contribution is 5.89. The van der Waals surface area contributed by atoms with Gasteiger partial charge in [0.25, 0.3) is 0 Å². The van der Waals surface area contributed by atoms with Gasteiger partial charge in [0.2, 0.25) is 0 Å². The van der Waals surface area contributed by atoms with Gasteiger partial charge in [0.05, 0.1) is 0 Å². The van der Waals surface area contributed by atoms with Crippen LogP contribution in [0.15, 0.2) is 12.2 Å². The van der Waals surface area contributed by atoms with Crippen molar-refractivity contribution in [3.8, 4) is 0 Å². The highest BCUT2D eigenvalue weighted by Gasteiger charge is 2.12. The number of allylic oxidation sites excluding steroid dienone is 1. The van der Waals surface area contributed by atoms with E-state index in [-0.39, 0.29) is 17.9 Å². The highest BCUT2D eigenvalue weighted by atomic mass is 16.5. The Kier molecular flexibility index (Phi) is 3.02. The van der Waals surface area contributed by atoms with Gasteiger partial charge in [-0.2, -0.15) is 0 Å². The van der Waals surface area contributed by atoms with Crippen molar-refractivity contribution in [3.63, 3.8) is 0 Å². The second-order valence-corrected chi connectivity index (χ2v) is 2.87. The fourth-order valence-corrected chi connectivity index (χ4v) is 1.18. The Balaban J connectivity index is 2.49. The van der Waals surface area contributed by atoms with Crippen molar-refractivity contribution in [2.45, 2.75) is 32.3 Å². The van der Waals surface area contributed by atoms with E-state index in [9.17, 15) is 9.59 Å². The number of ketones is 1. The van der Waals surface area contributed by atoms with Crippen molar-refractivity contribution in [1.82, 2.24) is 0 Å². The number of ether oxygens (including phenoxy) is 1. The smallest absolute Gasteiger partial charge is 0.303 e. The van der Waals surface area contributed by atoms with Gasteiger partial charge in [0.15, 0.2) is 5.78 Å². The summed E-state index contributed by atoms with van der Waals surface area (Å²) in [6.07, 6.45) is 5.07. The van der Waals surface area contributed by atoms with E-state index in [1.165, 1.54) is 13.0 Å². The van der Waals surface area contributed by atoms with Crippen LogP contribution < -0.4 is 0 Å². The maximum Gasteiger partial charge on any atom is 0.303 e. The second kappa shape index (κ2) is 4.04. The van der Waals surface area contributed by atoms with E-state index in [2.05, 4.69) is 0 Å². The summed E-state index contributed by atoms with van der Waals surface area (Å²) in [6.45, 7) is 1.38. The summed E-state index contributed by atoms with van der Waals surface area (Å²) in [6, 6.07) is 0. The molecule has 0 radical (unpaired) electrons. The largest absolute Gasteiger partial charge is 0.458 e. The fraction of sp³-hybridized carbons (Fsp3) is 0.556. The molecule has 0 saturated heterocycles. The molecule has 0 bridgehead atoms. The summed E-state index contributed by atoms with van der Waals surface area (Å²) >= 11 is 0. The molecule has 3 heteroatoms. The average molecular weight is 168 g/mol. The molecule has 0 aromatic heterocycles. The summed E-state index contributed by atoms with van der Waals surface area (Å²) in [5.41, 5.74) is 0. The molecule has 0 amide bonds. The van der Waals surface area contributed by atoms with E-state index in [4.69, 9.17) is 4.74 Å². The molecule has 0 aliphatic heterocycles. The van der Waals surface area contributed by atoms with Gasteiger partial charge in [-0.3, -0.25) is 9.59 Å². The van der Waals surface area contributed by atoms with E-state index in [0.29, 0.717) is 6.42 Å². The van der Waals surface area contributed by atoms with Crippen molar-refractivity contribution >= 4 is 11.8 Å². The zero-order valence-corrected chi connectivity index (χ0v) is 7.08. The Morgan fingerprint density at radius 3 is 3.08 bits per heavy atom. The van der Waals surface area contributed by atoms with Crippen molar-refractivity contribution in [2.24, 2.45) is 0 Å². The third-order valence-corrected chi connectivity index (χ3v) is 1.73. The zero-order valence-electron chi connectivity index (χ0n) is 7.08. The lowest BCUT2D eigenvalue weighted by molar-refractivity contribution is -0.144. The first-order valence-electron chi connectivity index (χ1n) is 4.07. The van der Waals surface area contributed by atoms with Gasteiger partial charge in [-0.25, -0.2) is 0 Å². The number of carbonyl (C=O) groups excluding carboxylic acids is 2. The average Bonchev–Trinajstić information content (AvgIpc) is 2.15. The van der Waals surface area contributed by atoms with Crippen LogP contribution in [-0.4, -0.2) is 17.9 Å². The van der Waals surface area contributed by atoms with Gasteiger partial charge in [-0.15, -0.1) is 0 Å². The minimum atomic E-state index is -0.293. The molecule has 0 heterocycles. The molecule has 66 valence electrons. The predicted octanol–water partition coefficient (Wildman–Crippen LogP) is 1.23. The SMILES string of the molecule is CC(=O)O[C@H]1C=CC(=O)CCC1. The monoisotopic (exact) mass is 168 g/mol. The summed E-state index contributed by atoms with van der Waals surface area (Å²) in [4.78, 5) is 21.5. The zero-order chi connectivity index (χ0) is 8.97. The minimum absolute atomic E-state index is 0.115. The molecule has 0 aromatic carbocycles. The topological polar surface area (TPSA) is 43.4 Å². The van der Waals surface area contributed by atoms with Crippen molar-refractivity contribution in [1.29, 1.82) is 0 Å². The molecule has 0 N–H and O–H groups in total. The first kappa shape index (κ1) is 8.97. The summed E-state index contributed by atoms with van der Waals surface area (Å²) < 4.78 is 4.94. The highest BCUT2D eigenvalue weighted by Crippen LogP contribution is 2.11. The molecule has 0 fully saturated rings. The Bertz CT molecular complexity index is 218. The van der Waals surface area contributed by atoms with Crippen LogP contribution in [0, 0.1) is 0 Å². The predicted molar refractivity (Wildman–Crippen MR) is 43.6 cm³/mol. The molecule has 0 spiro atoms. The lowest BCUT2D eigenvalue weighted by atomic mass is 10.2. The van der Waals surface area contributed by atoms with Gasteiger partial charge < -0.3 is 4.74 Å². The molecular weight excluding hydrogens is 156 g/mol. The summed E-state index contributed by atoms with van der Waals surface area (Å²) in [5, 5.41) is 0. The Morgan fingerprint density at radius 2 is 2.42 bits per heavy atom. The van der Waals surface area contributed by atoms with E-state index >= 15 is 0 Å². The van der Waals surface area contributed by atoms with Crippen LogP contribution in [-0.2, 0) is 14.3 Å². The van der Waals surface area contributed by atoms with Crippen LogP contribution in [0.1, 0.15) is 26.2 Å². The Hall–Kier alpha value is -1.12. The van der Waals surface area contributed by atoms with Crippen LogP contribution in [0.25, 0.3) is 0 Å². The van der Waals surface area contributed by atoms with Crippen LogP contribution in [0.5, 0.6) is 0 Å². The van der Waals surface area contributed by atoms with Gasteiger partial charge >= 0.3 is 5.97 Å². The first-order chi connectivity index (χ1) is 5.68. The molecule has 0 saturated carbocycles. The number of hydrogen-bond acceptors (Lipinski definition) is 3. The molecule has 0 aromatic rings. The Morgan fingerprint density at radius 1 is 1.67 bits per heavy atom. The molecule has 1 atom stereocenters. The third-order valence-electron chi connectivity index (χ3n) is 1.73. The first-order valence-corrected chi connectivity index (χ1v) is 4.07. The third kappa shape index (κ3) is 2.86. The Labute approximate surface area is 71.4 Å². The summed E-state index contributed by atoms with van der Waals surface area (Å²) in [7, 11) is 0. The van der Waals surface area contributed by atoms with Gasteiger partial charge in [-0.1, -0.05) is 0 Å². The molecule has 1 aliphatic rings. The van der Waals surface area contributed by atoms with Crippen molar-refractivity contribution in [2.75, 3.05) is 0 Å². The fourth-order valence-electron chi connectivity index (χ4n) is 1.18. The van der Waals surface area contributed by atoms with Crippen LogP contribution in [0.4, 0.5) is 0 Å². The number of carbonyl (C=O) groups is 2. The van der Waals surface area contributed by atoms with E-state index in [0.717, 1.165) is 12.8 Å². The van der Waals surface area contributed by atoms with E-state index in [1.807, 2.05) is 0 Å². The number of esters is 1. The van der Waals surface area contributed by atoms with Crippen LogP contribution in [0.3, 0.4) is 0 Å². The van der Waals surface area contributed by atoms with Crippen molar-refractivity contribution in [3.05, 3.63) is 12.2 Å². The van der Waals surface area contributed by atoms with E-state index < -0.39 is 0 Å². The van der Waals surface area contributed by atoms with Gasteiger partial charge in [-0.05, 0) is 25.0 Å². The van der Waals surface area contributed by atoms with Crippen LogP contribution in [0.2, 0.25) is 0 Å². The molecule has 12 heavy (non-hydrogen) atoms. The number of hydrogen-bond donors (Lipinski definition) is 0. The maximum atomic E-state index is 10.9. The standard InChI is InChI=1S/C9H12O3/c1-7(10)12-9-4-2-3-8(11)5-6-9/h5-6,9H,2-4H2,1H3/t9-/m1/s1. The lowest BCUT2D eigenvalue weighted by Crippen LogP contribution is -2.12. The number of rotatable bonds is 1. The molecule has 1 aliphatic carbocycles. The lowest BCUT2D eigenvalue weighted by Gasteiger charge is -2.09. The van der Waals surface area contributed by atoms with Crippen molar-refractivity contribution < 1.29 is 14.3 Å². The molecule has 1 rings (SSSR count). The quantitative estimate of drug-likeness (QED) is 0.553. The van der Waals surface area contributed by atoms with Gasteiger partial charge in [0, 0.05) is 13.3 Å².